The second-order valence-electron chi connectivity index (χ2n) is 4.15. The van der Waals surface area contributed by atoms with E-state index < -0.39 is 5.82 Å². The van der Waals surface area contributed by atoms with Gasteiger partial charge in [-0.1, -0.05) is 0 Å². The molecule has 21 heavy (non-hydrogen) atoms. The molecule has 0 amide bonds. The first kappa shape index (κ1) is 12.8. The highest BCUT2D eigenvalue weighted by Gasteiger charge is 2.07. The van der Waals surface area contributed by atoms with Crippen LogP contribution in [0.4, 0.5) is 10.1 Å². The number of nitrogens with one attached hydrogen (secondary N) is 1. The molecule has 0 saturated carbocycles. The van der Waals surface area contributed by atoms with E-state index in [2.05, 4.69) is 20.8 Å². The van der Waals surface area contributed by atoms with E-state index in [0.29, 0.717) is 11.4 Å². The zero-order chi connectivity index (χ0) is 14.7. The van der Waals surface area contributed by atoms with E-state index in [4.69, 9.17) is 9.68 Å². The molecule has 0 aliphatic carbocycles. The first-order valence-electron chi connectivity index (χ1n) is 6.02. The molecule has 0 unspecified atom stereocenters. The molecule has 0 fully saturated rings. The molecule has 0 saturated heterocycles. The summed E-state index contributed by atoms with van der Waals surface area (Å²) < 4.78 is 20.4. The smallest absolute Gasteiger partial charge is 0.203 e. The van der Waals surface area contributed by atoms with Gasteiger partial charge in [0.25, 0.3) is 0 Å². The van der Waals surface area contributed by atoms with Crippen molar-refractivity contribution in [3.63, 3.8) is 0 Å². The summed E-state index contributed by atoms with van der Waals surface area (Å²) in [6.07, 6.45) is 1.42. The first-order valence-corrected chi connectivity index (χ1v) is 6.02. The highest BCUT2D eigenvalue weighted by molar-refractivity contribution is 5.52. The second kappa shape index (κ2) is 5.42. The predicted molar refractivity (Wildman–Crippen MR) is 69.9 cm³/mol. The van der Waals surface area contributed by atoms with Crippen molar-refractivity contribution in [2.45, 2.75) is 6.54 Å². The van der Waals surface area contributed by atoms with E-state index >= 15 is 0 Å². The largest absolute Gasteiger partial charge is 0.449 e. The molecular weight excluding hydrogens is 275 g/mol. The standard InChI is InChI=1S/C13H9FN6O/c14-12-4-1-9(20-8-17-18-19-20)5-13(12)16-7-11-3-2-10(6-15)21-11/h1-5,8,16H,7H2. The van der Waals surface area contributed by atoms with E-state index in [1.165, 1.54) is 17.1 Å². The number of benzene rings is 1. The maximum Gasteiger partial charge on any atom is 0.203 e. The summed E-state index contributed by atoms with van der Waals surface area (Å²) in [5.41, 5.74) is 0.916. The van der Waals surface area contributed by atoms with Crippen molar-refractivity contribution >= 4 is 5.69 Å². The zero-order valence-electron chi connectivity index (χ0n) is 10.7. The lowest BCUT2D eigenvalue weighted by molar-refractivity contribution is 0.505. The van der Waals surface area contributed by atoms with Crippen LogP contribution >= 0.6 is 0 Å². The average Bonchev–Trinajstić information content (AvgIpc) is 3.18. The van der Waals surface area contributed by atoms with Gasteiger partial charge in [0.05, 0.1) is 17.9 Å². The van der Waals surface area contributed by atoms with Crippen LogP contribution in [0.15, 0.2) is 41.1 Å². The number of tetrazole rings is 1. The molecule has 2 aromatic heterocycles. The number of nitrogens with zero attached hydrogens (tertiary/aromatic N) is 5. The monoisotopic (exact) mass is 284 g/mol. The lowest BCUT2D eigenvalue weighted by atomic mass is 10.2. The molecule has 1 N–H and O–H groups in total. The van der Waals surface area contributed by atoms with Crippen molar-refractivity contribution in [3.05, 3.63) is 54.0 Å². The Morgan fingerprint density at radius 2 is 2.24 bits per heavy atom. The van der Waals surface area contributed by atoms with Crippen LogP contribution in [0.3, 0.4) is 0 Å². The van der Waals surface area contributed by atoms with Gasteiger partial charge in [0.1, 0.15) is 24.0 Å². The fraction of sp³-hybridized carbons (Fsp3) is 0.0769. The average molecular weight is 284 g/mol. The van der Waals surface area contributed by atoms with E-state index in [1.54, 1.807) is 24.3 Å². The van der Waals surface area contributed by atoms with Gasteiger partial charge in [0.15, 0.2) is 0 Å². The number of furan rings is 1. The van der Waals surface area contributed by atoms with Gasteiger partial charge in [-0.05, 0) is 40.8 Å². The SMILES string of the molecule is N#Cc1ccc(CNc2cc(-n3cnnn3)ccc2F)o1. The third kappa shape index (κ3) is 2.71. The Morgan fingerprint density at radius 3 is 2.95 bits per heavy atom. The van der Waals surface area contributed by atoms with Gasteiger partial charge >= 0.3 is 0 Å². The number of halogens is 1. The van der Waals surface area contributed by atoms with E-state index in [-0.39, 0.29) is 18.0 Å². The lowest BCUT2D eigenvalue weighted by Crippen LogP contribution is -2.03. The number of hydrogen-bond donors (Lipinski definition) is 1. The van der Waals surface area contributed by atoms with Gasteiger partial charge in [0.2, 0.25) is 5.76 Å². The highest BCUT2D eigenvalue weighted by Crippen LogP contribution is 2.19. The Morgan fingerprint density at radius 1 is 1.33 bits per heavy atom. The third-order valence-electron chi connectivity index (χ3n) is 2.79. The van der Waals surface area contributed by atoms with E-state index in [1.807, 2.05) is 6.07 Å². The minimum atomic E-state index is -0.404. The van der Waals surface area contributed by atoms with Crippen LogP contribution in [-0.4, -0.2) is 20.2 Å². The number of nitriles is 1. The van der Waals surface area contributed by atoms with Crippen LogP contribution < -0.4 is 5.32 Å². The Balaban J connectivity index is 1.78. The molecule has 7 nitrogen and oxygen atoms in total. The van der Waals surface area contributed by atoms with Crippen molar-refractivity contribution in [2.24, 2.45) is 0 Å². The molecule has 0 atom stereocenters. The lowest BCUT2D eigenvalue weighted by Gasteiger charge is -2.08. The number of rotatable bonds is 4. The minimum Gasteiger partial charge on any atom is -0.449 e. The Bertz CT molecular complexity index is 789. The Kier molecular flexibility index (Phi) is 3.31. The molecule has 0 spiro atoms. The molecule has 1 aromatic carbocycles. The molecule has 0 aliphatic heterocycles. The van der Waals surface area contributed by atoms with Gasteiger partial charge < -0.3 is 9.73 Å². The molecule has 0 aliphatic rings. The predicted octanol–water partition coefficient (Wildman–Crippen LogP) is 1.88. The molecule has 0 bridgehead atoms. The van der Waals surface area contributed by atoms with Gasteiger partial charge in [-0.3, -0.25) is 0 Å². The maximum absolute atomic E-state index is 13.8. The first-order chi connectivity index (χ1) is 10.3. The van der Waals surface area contributed by atoms with Crippen LogP contribution in [0.1, 0.15) is 11.5 Å². The van der Waals surface area contributed by atoms with Crippen molar-refractivity contribution < 1.29 is 8.81 Å². The summed E-state index contributed by atoms with van der Waals surface area (Å²) in [5.74, 6) is 0.354. The maximum atomic E-state index is 13.8. The van der Waals surface area contributed by atoms with Gasteiger partial charge in [-0.15, -0.1) is 5.10 Å². The topological polar surface area (TPSA) is 92.6 Å². The second-order valence-corrected chi connectivity index (χ2v) is 4.15. The number of aromatic nitrogens is 4. The molecular formula is C13H9FN6O. The highest BCUT2D eigenvalue weighted by atomic mass is 19.1. The van der Waals surface area contributed by atoms with Crippen LogP contribution in [0.5, 0.6) is 0 Å². The van der Waals surface area contributed by atoms with Crippen LogP contribution in [0, 0.1) is 17.1 Å². The third-order valence-corrected chi connectivity index (χ3v) is 2.79. The summed E-state index contributed by atoms with van der Waals surface area (Å²) in [5, 5.41) is 22.4. The number of anilines is 1. The fourth-order valence-corrected chi connectivity index (χ4v) is 1.79. The summed E-state index contributed by atoms with van der Waals surface area (Å²) in [4.78, 5) is 0. The fourth-order valence-electron chi connectivity index (χ4n) is 1.79. The Labute approximate surface area is 118 Å². The molecule has 8 heteroatoms. The van der Waals surface area contributed by atoms with Crippen LogP contribution in [-0.2, 0) is 6.54 Å². The van der Waals surface area contributed by atoms with Crippen LogP contribution in [0.2, 0.25) is 0 Å². The van der Waals surface area contributed by atoms with Crippen molar-refractivity contribution in [2.75, 3.05) is 5.32 Å². The van der Waals surface area contributed by atoms with E-state index in [0.717, 1.165) is 0 Å². The Hall–Kier alpha value is -3.21. The van der Waals surface area contributed by atoms with Crippen molar-refractivity contribution in [3.8, 4) is 11.8 Å². The van der Waals surface area contributed by atoms with Crippen molar-refractivity contribution in [1.29, 1.82) is 5.26 Å². The van der Waals surface area contributed by atoms with E-state index in [9.17, 15) is 4.39 Å². The minimum absolute atomic E-state index is 0.217. The van der Waals surface area contributed by atoms with Gasteiger partial charge in [-0.25, -0.2) is 9.07 Å². The van der Waals surface area contributed by atoms with Gasteiger partial charge in [-0.2, -0.15) is 5.26 Å². The normalized spacial score (nSPS) is 10.3. The molecule has 2 heterocycles. The van der Waals surface area contributed by atoms with Gasteiger partial charge in [0, 0.05) is 0 Å². The summed E-state index contributed by atoms with van der Waals surface area (Å²) in [6.45, 7) is 0.262. The quantitative estimate of drug-likeness (QED) is 0.786. The molecule has 3 rings (SSSR count). The molecule has 0 radical (unpaired) electrons. The summed E-state index contributed by atoms with van der Waals surface area (Å²) in [7, 11) is 0. The molecule has 3 aromatic rings. The summed E-state index contributed by atoms with van der Waals surface area (Å²) in [6, 6.07) is 9.58. The molecule has 104 valence electrons. The number of hydrogen-bond acceptors (Lipinski definition) is 6. The summed E-state index contributed by atoms with van der Waals surface area (Å²) >= 11 is 0. The van der Waals surface area contributed by atoms with Crippen LogP contribution in [0.25, 0.3) is 5.69 Å². The zero-order valence-corrected chi connectivity index (χ0v) is 10.7. The van der Waals surface area contributed by atoms with Crippen molar-refractivity contribution in [1.82, 2.24) is 20.2 Å².